The molecule has 1 aliphatic heterocycles. The number of amides is 2. The Morgan fingerprint density at radius 1 is 1.07 bits per heavy atom. The molecule has 0 aliphatic carbocycles. The number of ether oxygens (including phenoxy) is 2. The van der Waals surface area contributed by atoms with Crippen molar-refractivity contribution >= 4 is 23.5 Å². The summed E-state index contributed by atoms with van der Waals surface area (Å²) in [6.45, 7) is 6.75. The Morgan fingerprint density at radius 2 is 1.73 bits per heavy atom. The molecule has 2 aromatic carbocycles. The van der Waals surface area contributed by atoms with E-state index in [1.54, 1.807) is 46.1 Å². The van der Waals surface area contributed by atoms with Crippen LogP contribution in [0.25, 0.3) is 0 Å². The minimum atomic E-state index is -1.19. The molecule has 6 heteroatoms. The van der Waals surface area contributed by atoms with E-state index < -0.39 is 23.0 Å². The Morgan fingerprint density at radius 3 is 2.30 bits per heavy atom. The molecule has 30 heavy (non-hydrogen) atoms. The van der Waals surface area contributed by atoms with Gasteiger partial charge in [-0.1, -0.05) is 30.3 Å². The van der Waals surface area contributed by atoms with E-state index in [4.69, 9.17) is 9.47 Å². The summed E-state index contributed by atoms with van der Waals surface area (Å²) in [5, 5.41) is 0. The summed E-state index contributed by atoms with van der Waals surface area (Å²) < 4.78 is 10.9. The molecule has 0 fully saturated rings. The van der Waals surface area contributed by atoms with Gasteiger partial charge in [0.15, 0.2) is 0 Å². The average molecular weight is 409 g/mol. The van der Waals surface area contributed by atoms with Crippen molar-refractivity contribution in [3.8, 4) is 5.75 Å². The first-order chi connectivity index (χ1) is 14.1. The first kappa shape index (κ1) is 21.6. The largest absolute Gasteiger partial charge is 0.497 e. The van der Waals surface area contributed by atoms with Gasteiger partial charge in [0, 0.05) is 12.0 Å². The quantitative estimate of drug-likeness (QED) is 0.720. The second kappa shape index (κ2) is 7.94. The van der Waals surface area contributed by atoms with Gasteiger partial charge in [0.25, 0.3) is 5.91 Å². The van der Waals surface area contributed by atoms with Crippen LogP contribution in [0.2, 0.25) is 0 Å². The molecule has 0 N–H and O–H groups in total. The third-order valence-electron chi connectivity index (χ3n) is 5.17. The molecule has 0 bridgehead atoms. The lowest BCUT2D eigenvalue weighted by Crippen LogP contribution is -2.46. The fraction of sp³-hybridized carbons (Fsp3) is 0.375. The van der Waals surface area contributed by atoms with Crippen molar-refractivity contribution in [3.05, 3.63) is 59.7 Å². The van der Waals surface area contributed by atoms with E-state index in [1.807, 2.05) is 30.3 Å². The molecular weight excluding hydrogens is 382 g/mol. The lowest BCUT2D eigenvalue weighted by molar-refractivity contribution is -0.122. The molecule has 2 aromatic rings. The number of Topliss-reactive ketones (excluding diaryl/α,β-unsaturated/α-hetero) is 1. The van der Waals surface area contributed by atoms with Crippen LogP contribution in [0.5, 0.6) is 5.75 Å². The SMILES string of the molecule is COc1ccc2c(c1)C(CCC(C)=O)(c1ccccc1)C(=O)N2C(=O)OC(C)(C)C. The Hall–Kier alpha value is -3.15. The van der Waals surface area contributed by atoms with E-state index in [2.05, 4.69) is 0 Å². The number of anilines is 1. The fourth-order valence-electron chi connectivity index (χ4n) is 3.83. The molecule has 1 heterocycles. The Balaban J connectivity index is 2.25. The van der Waals surface area contributed by atoms with Crippen molar-refractivity contribution < 1.29 is 23.9 Å². The van der Waals surface area contributed by atoms with Gasteiger partial charge in [-0.15, -0.1) is 0 Å². The van der Waals surface area contributed by atoms with E-state index in [-0.39, 0.29) is 18.6 Å². The number of benzene rings is 2. The lowest BCUT2D eigenvalue weighted by Gasteiger charge is -2.29. The number of hydrogen-bond donors (Lipinski definition) is 0. The first-order valence-electron chi connectivity index (χ1n) is 9.91. The molecule has 1 atom stereocenters. The van der Waals surface area contributed by atoms with Crippen molar-refractivity contribution in [2.45, 2.75) is 51.6 Å². The number of methoxy groups -OCH3 is 1. The molecule has 0 aromatic heterocycles. The van der Waals surface area contributed by atoms with Crippen LogP contribution in [0.4, 0.5) is 10.5 Å². The van der Waals surface area contributed by atoms with Crippen molar-refractivity contribution in [2.75, 3.05) is 12.0 Å². The zero-order valence-electron chi connectivity index (χ0n) is 18.0. The van der Waals surface area contributed by atoms with E-state index in [0.29, 0.717) is 17.0 Å². The number of imide groups is 1. The number of fused-ring (bicyclic) bond motifs is 1. The van der Waals surface area contributed by atoms with E-state index in [1.165, 1.54) is 6.92 Å². The van der Waals surface area contributed by atoms with Gasteiger partial charge in [-0.2, -0.15) is 0 Å². The van der Waals surface area contributed by atoms with Gasteiger partial charge in [0.2, 0.25) is 0 Å². The van der Waals surface area contributed by atoms with Crippen molar-refractivity contribution in [3.63, 3.8) is 0 Å². The predicted molar refractivity (Wildman–Crippen MR) is 114 cm³/mol. The minimum absolute atomic E-state index is 0.0294. The monoisotopic (exact) mass is 409 g/mol. The van der Waals surface area contributed by atoms with Crippen LogP contribution in [-0.2, 0) is 19.7 Å². The number of nitrogens with zero attached hydrogens (tertiary/aromatic N) is 1. The highest BCUT2D eigenvalue weighted by Crippen LogP contribution is 2.50. The van der Waals surface area contributed by atoms with Crippen LogP contribution in [0.3, 0.4) is 0 Å². The Kier molecular flexibility index (Phi) is 5.70. The second-order valence-electron chi connectivity index (χ2n) is 8.48. The maximum absolute atomic E-state index is 13.9. The lowest BCUT2D eigenvalue weighted by atomic mass is 9.71. The zero-order valence-corrected chi connectivity index (χ0v) is 18.0. The number of carbonyl (C=O) groups excluding carboxylic acids is 3. The third-order valence-corrected chi connectivity index (χ3v) is 5.17. The van der Waals surface area contributed by atoms with E-state index >= 15 is 0 Å². The molecular formula is C24H27NO5. The van der Waals surface area contributed by atoms with E-state index in [0.717, 1.165) is 10.5 Å². The van der Waals surface area contributed by atoms with Gasteiger partial charge in [-0.3, -0.25) is 4.79 Å². The highest BCUT2D eigenvalue weighted by Gasteiger charge is 2.54. The number of carbonyl (C=O) groups is 3. The van der Waals surface area contributed by atoms with Gasteiger partial charge >= 0.3 is 6.09 Å². The maximum Gasteiger partial charge on any atom is 0.421 e. The van der Waals surface area contributed by atoms with Gasteiger partial charge < -0.3 is 14.3 Å². The first-order valence-corrected chi connectivity index (χ1v) is 9.91. The number of hydrogen-bond acceptors (Lipinski definition) is 5. The van der Waals surface area contributed by atoms with Gasteiger partial charge in [-0.25, -0.2) is 9.69 Å². The molecule has 0 spiro atoms. The second-order valence-corrected chi connectivity index (χ2v) is 8.48. The van der Waals surface area contributed by atoms with Crippen LogP contribution in [0.15, 0.2) is 48.5 Å². The van der Waals surface area contributed by atoms with Crippen molar-refractivity contribution in [1.29, 1.82) is 0 Å². The van der Waals surface area contributed by atoms with Gasteiger partial charge in [0.05, 0.1) is 12.8 Å². The van der Waals surface area contributed by atoms with Crippen LogP contribution in [0, 0.1) is 0 Å². The maximum atomic E-state index is 13.9. The highest BCUT2D eigenvalue weighted by atomic mass is 16.6. The molecule has 1 aliphatic rings. The normalized spacial score (nSPS) is 18.2. The molecule has 1 unspecified atom stereocenters. The predicted octanol–water partition coefficient (Wildman–Crippen LogP) is 4.63. The van der Waals surface area contributed by atoms with Crippen molar-refractivity contribution in [1.82, 2.24) is 0 Å². The van der Waals surface area contributed by atoms with Crippen LogP contribution in [-0.4, -0.2) is 30.5 Å². The van der Waals surface area contributed by atoms with Gasteiger partial charge in [-0.05, 0) is 57.9 Å². The topological polar surface area (TPSA) is 72.9 Å². The molecule has 3 rings (SSSR count). The Bertz CT molecular complexity index is 977. The number of ketones is 1. The van der Waals surface area contributed by atoms with Crippen LogP contribution >= 0.6 is 0 Å². The van der Waals surface area contributed by atoms with Crippen LogP contribution < -0.4 is 9.64 Å². The molecule has 0 saturated heterocycles. The summed E-state index contributed by atoms with van der Waals surface area (Å²) in [5.41, 5.74) is -0.154. The van der Waals surface area contributed by atoms with Gasteiger partial charge in [0.1, 0.15) is 22.5 Å². The Labute approximate surface area is 176 Å². The summed E-state index contributed by atoms with van der Waals surface area (Å²) in [6, 6.07) is 14.4. The molecule has 0 saturated carbocycles. The summed E-state index contributed by atoms with van der Waals surface area (Å²) in [4.78, 5) is 39.9. The standard InChI is InChI=1S/C24H27NO5/c1-16(26)13-14-24(17-9-7-6-8-10-17)19-15-18(29-5)11-12-20(19)25(21(24)27)22(28)30-23(2,3)4/h6-12,15H,13-14H2,1-5H3. The molecule has 0 radical (unpaired) electrons. The van der Waals surface area contributed by atoms with Crippen LogP contribution in [0.1, 0.15) is 51.7 Å². The molecule has 6 nitrogen and oxygen atoms in total. The summed E-state index contributed by atoms with van der Waals surface area (Å²) >= 11 is 0. The number of rotatable bonds is 5. The summed E-state index contributed by atoms with van der Waals surface area (Å²) in [5.74, 6) is 0.112. The van der Waals surface area contributed by atoms with Crippen molar-refractivity contribution in [2.24, 2.45) is 0 Å². The minimum Gasteiger partial charge on any atom is -0.497 e. The fourth-order valence-corrected chi connectivity index (χ4v) is 3.83. The summed E-state index contributed by atoms with van der Waals surface area (Å²) in [6.07, 6.45) is -0.302. The average Bonchev–Trinajstić information content (AvgIpc) is 2.93. The highest BCUT2D eigenvalue weighted by molar-refractivity contribution is 6.22. The summed E-state index contributed by atoms with van der Waals surface area (Å²) in [7, 11) is 1.55. The smallest absolute Gasteiger partial charge is 0.421 e. The van der Waals surface area contributed by atoms with E-state index in [9.17, 15) is 14.4 Å². The zero-order chi connectivity index (χ0) is 22.1. The third kappa shape index (κ3) is 3.82. The molecule has 2 amide bonds. The molecule has 158 valence electrons.